The quantitative estimate of drug-likeness (QED) is 0.175. The lowest BCUT2D eigenvalue weighted by Crippen LogP contribution is -2.39. The molecular formula is C29H25N3O8S. The minimum Gasteiger partial charge on any atom is -0.493 e. The van der Waals surface area contributed by atoms with E-state index in [-0.39, 0.29) is 23.4 Å². The van der Waals surface area contributed by atoms with Gasteiger partial charge in [-0.25, -0.2) is 9.79 Å². The second-order valence-electron chi connectivity index (χ2n) is 8.93. The lowest BCUT2D eigenvalue weighted by Gasteiger charge is -2.25. The van der Waals surface area contributed by atoms with Crippen molar-refractivity contribution < 1.29 is 28.3 Å². The van der Waals surface area contributed by atoms with Crippen molar-refractivity contribution in [2.24, 2.45) is 4.99 Å². The zero-order valence-corrected chi connectivity index (χ0v) is 23.4. The first-order chi connectivity index (χ1) is 19.7. The Bertz CT molecular complexity index is 1880. The maximum Gasteiger partial charge on any atom is 0.338 e. The highest BCUT2D eigenvalue weighted by atomic mass is 32.1. The number of nitro groups is 1. The smallest absolute Gasteiger partial charge is 0.338 e. The van der Waals surface area contributed by atoms with Crippen LogP contribution in [-0.2, 0) is 9.53 Å². The standard InChI is InChI=1S/C29H25N3O8S/c1-5-39-28(34)25-16(2)30-29-31(26(25)18-9-11-22(37-3)23(14-18)38-4)27(33)24(41-29)15-20-10-12-21(40-20)17-7-6-8-19(13-17)32(35)36/h6-15,26H,5H2,1-4H3/b24-15-/t26-/m1/s1. The van der Waals surface area contributed by atoms with Gasteiger partial charge in [0, 0.05) is 23.8 Å². The van der Waals surface area contributed by atoms with Gasteiger partial charge in [0.2, 0.25) is 0 Å². The molecule has 2 aromatic heterocycles. The van der Waals surface area contributed by atoms with Crippen molar-refractivity contribution in [3.8, 4) is 22.8 Å². The molecule has 4 aromatic rings. The highest BCUT2D eigenvalue weighted by Gasteiger charge is 2.34. The third kappa shape index (κ3) is 5.16. The number of aromatic nitrogens is 1. The van der Waals surface area contributed by atoms with Crippen LogP contribution in [0.2, 0.25) is 0 Å². The third-order valence-electron chi connectivity index (χ3n) is 6.48. The maximum absolute atomic E-state index is 13.8. The Labute approximate surface area is 237 Å². The van der Waals surface area contributed by atoms with Crippen molar-refractivity contribution in [1.29, 1.82) is 0 Å². The monoisotopic (exact) mass is 575 g/mol. The SMILES string of the molecule is CCOC(=O)C1=C(C)N=c2s/c(=C\c3ccc(-c4cccc([N+](=O)[O-])c4)o3)c(=O)n2[C@@H]1c1ccc(OC)c(OC)c1. The molecule has 0 spiro atoms. The Morgan fingerprint density at radius 2 is 1.93 bits per heavy atom. The first kappa shape index (κ1) is 27.6. The molecule has 0 N–H and O–H groups in total. The first-order valence-electron chi connectivity index (χ1n) is 12.5. The molecule has 0 fully saturated rings. The molecule has 210 valence electrons. The average molecular weight is 576 g/mol. The van der Waals surface area contributed by atoms with Crippen LogP contribution in [0.3, 0.4) is 0 Å². The van der Waals surface area contributed by atoms with Gasteiger partial charge in [0.15, 0.2) is 16.3 Å². The minimum atomic E-state index is -0.829. The summed E-state index contributed by atoms with van der Waals surface area (Å²) in [6.07, 6.45) is 1.58. The number of methoxy groups -OCH3 is 2. The van der Waals surface area contributed by atoms with Gasteiger partial charge in [-0.2, -0.15) is 0 Å². The van der Waals surface area contributed by atoms with Gasteiger partial charge in [-0.1, -0.05) is 29.5 Å². The molecule has 0 aliphatic carbocycles. The number of benzene rings is 2. The molecule has 0 bridgehead atoms. The molecule has 2 aromatic carbocycles. The molecule has 0 saturated carbocycles. The largest absolute Gasteiger partial charge is 0.493 e. The van der Waals surface area contributed by atoms with Gasteiger partial charge in [-0.15, -0.1) is 0 Å². The Morgan fingerprint density at radius 3 is 2.63 bits per heavy atom. The van der Waals surface area contributed by atoms with Crippen molar-refractivity contribution in [2.45, 2.75) is 19.9 Å². The molecule has 1 aliphatic rings. The summed E-state index contributed by atoms with van der Waals surface area (Å²) in [6, 6.07) is 13.8. The number of non-ortho nitro benzene ring substituents is 1. The summed E-state index contributed by atoms with van der Waals surface area (Å²) in [5, 5.41) is 11.2. The molecule has 0 radical (unpaired) electrons. The molecule has 0 saturated heterocycles. The lowest BCUT2D eigenvalue weighted by molar-refractivity contribution is -0.384. The van der Waals surface area contributed by atoms with Crippen LogP contribution in [0.1, 0.15) is 31.2 Å². The van der Waals surface area contributed by atoms with Gasteiger partial charge < -0.3 is 18.6 Å². The first-order valence-corrected chi connectivity index (χ1v) is 13.3. The number of esters is 1. The van der Waals surface area contributed by atoms with Gasteiger partial charge in [-0.05, 0) is 43.7 Å². The van der Waals surface area contributed by atoms with E-state index in [0.717, 1.165) is 11.3 Å². The van der Waals surface area contributed by atoms with E-state index in [2.05, 4.69) is 4.99 Å². The van der Waals surface area contributed by atoms with Crippen LogP contribution < -0.4 is 24.4 Å². The van der Waals surface area contributed by atoms with Gasteiger partial charge in [-0.3, -0.25) is 19.5 Å². The fourth-order valence-corrected chi connectivity index (χ4v) is 5.64. The summed E-state index contributed by atoms with van der Waals surface area (Å²) in [5.41, 5.74) is 1.38. The number of carbonyl (C=O) groups excluding carboxylic acids is 1. The van der Waals surface area contributed by atoms with Crippen molar-refractivity contribution in [1.82, 2.24) is 4.57 Å². The number of ether oxygens (including phenoxy) is 3. The number of rotatable bonds is 8. The summed E-state index contributed by atoms with van der Waals surface area (Å²) in [6.45, 7) is 3.57. The fraction of sp³-hybridized carbons (Fsp3) is 0.207. The number of nitro benzene ring substituents is 1. The van der Waals surface area contributed by atoms with Crippen LogP contribution in [-0.4, -0.2) is 36.3 Å². The van der Waals surface area contributed by atoms with Crippen LogP contribution in [0.5, 0.6) is 11.5 Å². The van der Waals surface area contributed by atoms with Crippen LogP contribution in [0, 0.1) is 10.1 Å². The van der Waals surface area contributed by atoms with Gasteiger partial charge in [0.25, 0.3) is 11.2 Å². The maximum atomic E-state index is 13.8. The third-order valence-corrected chi connectivity index (χ3v) is 7.46. The van der Waals surface area contributed by atoms with E-state index in [0.29, 0.717) is 49.2 Å². The van der Waals surface area contributed by atoms with E-state index in [4.69, 9.17) is 18.6 Å². The number of hydrogen-bond donors (Lipinski definition) is 0. The van der Waals surface area contributed by atoms with Crippen molar-refractivity contribution in [2.75, 3.05) is 20.8 Å². The van der Waals surface area contributed by atoms with Crippen LogP contribution in [0.15, 0.2) is 80.1 Å². The summed E-state index contributed by atoms with van der Waals surface area (Å²) in [4.78, 5) is 42.6. The number of carbonyl (C=O) groups is 1. The topological polar surface area (TPSA) is 135 Å². The van der Waals surface area contributed by atoms with E-state index in [9.17, 15) is 19.7 Å². The molecule has 3 heterocycles. The number of nitrogens with zero attached hydrogens (tertiary/aromatic N) is 3. The molecule has 1 aliphatic heterocycles. The number of allylic oxidation sites excluding steroid dienone is 1. The van der Waals surface area contributed by atoms with Gasteiger partial charge in [0.05, 0.1) is 47.6 Å². The van der Waals surface area contributed by atoms with Gasteiger partial charge in [0.1, 0.15) is 11.5 Å². The Morgan fingerprint density at radius 1 is 1.15 bits per heavy atom. The van der Waals surface area contributed by atoms with E-state index in [1.807, 2.05) is 0 Å². The summed E-state index contributed by atoms with van der Waals surface area (Å²) in [5.74, 6) is 1.15. The predicted molar refractivity (Wildman–Crippen MR) is 151 cm³/mol. The number of furan rings is 1. The van der Waals surface area contributed by atoms with E-state index in [1.54, 1.807) is 62.4 Å². The Hall–Kier alpha value is -4.97. The normalized spacial score (nSPS) is 14.8. The second kappa shape index (κ2) is 11.3. The molecular weight excluding hydrogens is 550 g/mol. The summed E-state index contributed by atoms with van der Waals surface area (Å²) in [7, 11) is 3.03. The number of thiazole rings is 1. The van der Waals surface area contributed by atoms with Crippen molar-refractivity contribution in [3.05, 3.63) is 107 Å². The molecule has 12 heteroatoms. The lowest BCUT2D eigenvalue weighted by atomic mass is 9.95. The molecule has 1 atom stereocenters. The Balaban J connectivity index is 1.64. The van der Waals surface area contributed by atoms with E-state index in [1.165, 1.54) is 30.9 Å². The molecule has 41 heavy (non-hydrogen) atoms. The summed E-state index contributed by atoms with van der Waals surface area (Å²) < 4.78 is 23.9. The van der Waals surface area contributed by atoms with Crippen molar-refractivity contribution >= 4 is 29.1 Å². The van der Waals surface area contributed by atoms with Crippen LogP contribution in [0.25, 0.3) is 17.4 Å². The van der Waals surface area contributed by atoms with Crippen LogP contribution in [0.4, 0.5) is 5.69 Å². The van der Waals surface area contributed by atoms with Crippen LogP contribution >= 0.6 is 11.3 Å². The van der Waals surface area contributed by atoms with Crippen molar-refractivity contribution in [3.63, 3.8) is 0 Å². The average Bonchev–Trinajstić information content (AvgIpc) is 3.56. The Kier molecular flexibility index (Phi) is 7.58. The predicted octanol–water partition coefficient (Wildman–Crippen LogP) is 3.98. The zero-order chi connectivity index (χ0) is 29.3. The second-order valence-corrected chi connectivity index (χ2v) is 9.94. The highest BCUT2D eigenvalue weighted by molar-refractivity contribution is 7.07. The fourth-order valence-electron chi connectivity index (χ4n) is 4.62. The van der Waals surface area contributed by atoms with E-state index < -0.39 is 16.9 Å². The number of fused-ring (bicyclic) bond motifs is 1. The molecule has 0 amide bonds. The molecule has 5 rings (SSSR count). The molecule has 0 unspecified atom stereocenters. The number of hydrogen-bond acceptors (Lipinski definition) is 10. The zero-order valence-electron chi connectivity index (χ0n) is 22.6. The highest BCUT2D eigenvalue weighted by Crippen LogP contribution is 2.36. The minimum absolute atomic E-state index is 0.0586. The van der Waals surface area contributed by atoms with E-state index >= 15 is 0 Å². The summed E-state index contributed by atoms with van der Waals surface area (Å²) >= 11 is 1.15. The van der Waals surface area contributed by atoms with Gasteiger partial charge >= 0.3 is 5.97 Å². The molecule has 11 nitrogen and oxygen atoms in total.